The van der Waals surface area contributed by atoms with Crippen molar-refractivity contribution in [1.82, 2.24) is 20.4 Å². The zero-order valence-corrected chi connectivity index (χ0v) is 24.6. The highest BCUT2D eigenvalue weighted by molar-refractivity contribution is 5.93. The van der Waals surface area contributed by atoms with Crippen molar-refractivity contribution in [3.8, 4) is 5.75 Å². The van der Waals surface area contributed by atoms with Crippen molar-refractivity contribution in [3.63, 3.8) is 0 Å². The summed E-state index contributed by atoms with van der Waals surface area (Å²) in [5.41, 5.74) is 0.851. The van der Waals surface area contributed by atoms with Crippen LogP contribution in [0, 0.1) is 17.8 Å². The Balaban J connectivity index is 1.87. The van der Waals surface area contributed by atoms with Gasteiger partial charge in [-0.1, -0.05) is 39.8 Å². The largest absolute Gasteiger partial charge is 0.484 e. The molecule has 1 unspecified atom stereocenters. The normalized spacial score (nSPS) is 21.9. The predicted octanol–water partition coefficient (Wildman–Crippen LogP) is 2.01. The first-order chi connectivity index (χ1) is 19.1. The summed E-state index contributed by atoms with van der Waals surface area (Å²) in [6.07, 6.45) is 2.59. The van der Waals surface area contributed by atoms with Crippen LogP contribution >= 0.6 is 0 Å². The average molecular weight is 559 g/mol. The minimum atomic E-state index is -0.823. The summed E-state index contributed by atoms with van der Waals surface area (Å²) in [6.45, 7) is 9.58. The van der Waals surface area contributed by atoms with E-state index in [1.165, 1.54) is 12.0 Å². The number of likely N-dealkylation sites (tertiary alicyclic amines) is 1. The van der Waals surface area contributed by atoms with Crippen molar-refractivity contribution in [3.05, 3.63) is 29.8 Å². The zero-order valence-electron chi connectivity index (χ0n) is 24.6. The first-order valence-corrected chi connectivity index (χ1v) is 14.4. The first-order valence-electron chi connectivity index (χ1n) is 14.4. The number of methoxy groups -OCH3 is 1. The van der Waals surface area contributed by atoms with Crippen molar-refractivity contribution >= 4 is 23.6 Å². The van der Waals surface area contributed by atoms with E-state index < -0.39 is 23.9 Å². The number of amides is 4. The Morgan fingerprint density at radius 3 is 2.30 bits per heavy atom. The summed E-state index contributed by atoms with van der Waals surface area (Å²) in [5, 5.41) is 5.71. The first kappa shape index (κ1) is 31.4. The Hall–Kier alpha value is -3.14. The van der Waals surface area contributed by atoms with Gasteiger partial charge in [0.15, 0.2) is 6.61 Å². The fourth-order valence-corrected chi connectivity index (χ4v) is 5.34. The van der Waals surface area contributed by atoms with Gasteiger partial charge in [0.05, 0.1) is 13.2 Å². The van der Waals surface area contributed by atoms with Crippen LogP contribution in [0.4, 0.5) is 0 Å². The molecule has 4 rings (SSSR count). The SMILES string of the molecule is COCCN1CC(=O)NC(C(=O)N2CCC(C(C)C)CC2)Cc2ccc(cc2)OCC(=O)N[C@@H](CC(C)C)C1=O. The zero-order chi connectivity index (χ0) is 29.2. The summed E-state index contributed by atoms with van der Waals surface area (Å²) >= 11 is 0. The molecule has 2 atom stereocenters. The van der Waals surface area contributed by atoms with E-state index in [1.54, 1.807) is 12.1 Å². The molecule has 2 bridgehead atoms. The second-order valence-corrected chi connectivity index (χ2v) is 11.7. The number of rotatable bonds is 7. The van der Waals surface area contributed by atoms with Crippen molar-refractivity contribution in [1.29, 1.82) is 0 Å². The molecular weight excluding hydrogens is 512 g/mol. The topological polar surface area (TPSA) is 117 Å². The van der Waals surface area contributed by atoms with Crippen LogP contribution < -0.4 is 15.4 Å². The second kappa shape index (κ2) is 15.0. The molecule has 40 heavy (non-hydrogen) atoms. The minimum Gasteiger partial charge on any atom is -0.484 e. The number of nitrogens with zero attached hydrogens (tertiary/aromatic N) is 2. The third kappa shape index (κ3) is 9.21. The van der Waals surface area contributed by atoms with E-state index in [4.69, 9.17) is 9.47 Å². The number of carbonyl (C=O) groups excluding carboxylic acids is 4. The van der Waals surface area contributed by atoms with E-state index in [2.05, 4.69) is 24.5 Å². The Labute approximate surface area is 238 Å². The maximum atomic E-state index is 13.7. The number of hydrogen-bond acceptors (Lipinski definition) is 6. The van der Waals surface area contributed by atoms with Crippen LogP contribution in [0.15, 0.2) is 24.3 Å². The molecule has 2 N–H and O–H groups in total. The monoisotopic (exact) mass is 558 g/mol. The molecule has 10 heteroatoms. The number of ether oxygens (including phenoxy) is 2. The molecular formula is C30H46N4O6. The lowest BCUT2D eigenvalue weighted by molar-refractivity contribution is -0.142. The van der Waals surface area contributed by atoms with Gasteiger partial charge >= 0.3 is 0 Å². The van der Waals surface area contributed by atoms with Gasteiger partial charge in [0.2, 0.25) is 17.7 Å². The van der Waals surface area contributed by atoms with Crippen LogP contribution in [-0.4, -0.2) is 92.0 Å². The van der Waals surface area contributed by atoms with Gasteiger partial charge in [-0.25, -0.2) is 0 Å². The Bertz CT molecular complexity index is 1000. The van der Waals surface area contributed by atoms with E-state index in [-0.39, 0.29) is 44.0 Å². The summed E-state index contributed by atoms with van der Waals surface area (Å²) in [6, 6.07) is 5.58. The van der Waals surface area contributed by atoms with E-state index >= 15 is 0 Å². The van der Waals surface area contributed by atoms with Crippen LogP contribution in [0.25, 0.3) is 0 Å². The van der Waals surface area contributed by atoms with Crippen LogP contribution in [0.1, 0.15) is 52.5 Å². The molecule has 3 aliphatic heterocycles. The minimum absolute atomic E-state index is 0.114. The van der Waals surface area contributed by atoms with E-state index in [1.807, 2.05) is 30.9 Å². The third-order valence-corrected chi connectivity index (χ3v) is 7.71. The Morgan fingerprint density at radius 1 is 1.02 bits per heavy atom. The Kier molecular flexibility index (Phi) is 11.8. The van der Waals surface area contributed by atoms with Gasteiger partial charge in [-0.05, 0) is 54.7 Å². The van der Waals surface area contributed by atoms with E-state index in [0.717, 1.165) is 18.4 Å². The van der Waals surface area contributed by atoms with E-state index in [9.17, 15) is 19.2 Å². The fourth-order valence-electron chi connectivity index (χ4n) is 5.34. The molecule has 10 nitrogen and oxygen atoms in total. The second-order valence-electron chi connectivity index (χ2n) is 11.7. The van der Waals surface area contributed by atoms with Crippen LogP contribution in [-0.2, 0) is 30.3 Å². The quantitative estimate of drug-likeness (QED) is 0.495. The maximum absolute atomic E-state index is 13.7. The molecule has 0 aliphatic carbocycles. The van der Waals surface area contributed by atoms with Crippen molar-refractivity contribution in [2.75, 3.05) is 46.5 Å². The summed E-state index contributed by atoms with van der Waals surface area (Å²) < 4.78 is 10.9. The predicted molar refractivity (Wildman–Crippen MR) is 152 cm³/mol. The highest BCUT2D eigenvalue weighted by Crippen LogP contribution is 2.25. The lowest BCUT2D eigenvalue weighted by atomic mass is 9.86. The average Bonchev–Trinajstić information content (AvgIpc) is 2.92. The summed E-state index contributed by atoms with van der Waals surface area (Å²) in [4.78, 5) is 56.5. The number of piperidine rings is 1. The highest BCUT2D eigenvalue weighted by atomic mass is 16.5. The number of carbonyl (C=O) groups is 4. The number of benzene rings is 1. The van der Waals surface area contributed by atoms with Crippen LogP contribution in [0.2, 0.25) is 0 Å². The van der Waals surface area contributed by atoms with Crippen molar-refractivity contribution < 1.29 is 28.7 Å². The lowest BCUT2D eigenvalue weighted by Crippen LogP contribution is -2.56. The van der Waals surface area contributed by atoms with Crippen molar-refractivity contribution in [2.45, 2.75) is 65.5 Å². The standard InChI is InChI=1S/C30H46N4O6/c1-20(2)16-25-30(38)34(14-15-39-5)18-27(35)31-26(29(37)33-12-10-23(11-13-33)21(3)4)17-22-6-8-24(9-7-22)40-19-28(36)32-25/h6-9,20-21,23,25-26H,10-19H2,1-5H3,(H,31,35)(H,32,36)/t25-,26?/m0/s1. The molecule has 0 spiro atoms. The molecule has 0 saturated carbocycles. The van der Waals surface area contributed by atoms with Crippen LogP contribution in [0.5, 0.6) is 5.75 Å². The van der Waals surface area contributed by atoms with Gasteiger partial charge in [0.25, 0.3) is 5.91 Å². The fraction of sp³-hybridized carbons (Fsp3) is 0.667. The van der Waals surface area contributed by atoms with Crippen LogP contribution in [0.3, 0.4) is 0 Å². The molecule has 3 aliphatic rings. The van der Waals surface area contributed by atoms with E-state index in [0.29, 0.717) is 43.5 Å². The molecule has 3 heterocycles. The van der Waals surface area contributed by atoms with Gasteiger partial charge in [0, 0.05) is 33.2 Å². The van der Waals surface area contributed by atoms with Gasteiger partial charge in [-0.3, -0.25) is 19.2 Å². The molecule has 4 amide bonds. The smallest absolute Gasteiger partial charge is 0.258 e. The highest BCUT2D eigenvalue weighted by Gasteiger charge is 2.32. The maximum Gasteiger partial charge on any atom is 0.258 e. The summed E-state index contributed by atoms with van der Waals surface area (Å²) in [5.74, 6) is 0.443. The molecule has 0 radical (unpaired) electrons. The van der Waals surface area contributed by atoms with Gasteiger partial charge in [-0.2, -0.15) is 0 Å². The number of fused-ring (bicyclic) bond motifs is 13. The molecule has 1 aromatic rings. The Morgan fingerprint density at radius 2 is 1.70 bits per heavy atom. The molecule has 1 fully saturated rings. The molecule has 1 saturated heterocycles. The molecule has 0 aromatic heterocycles. The lowest BCUT2D eigenvalue weighted by Gasteiger charge is -2.36. The van der Waals surface area contributed by atoms with Gasteiger partial charge in [0.1, 0.15) is 17.8 Å². The van der Waals surface area contributed by atoms with Crippen molar-refractivity contribution in [2.24, 2.45) is 17.8 Å². The third-order valence-electron chi connectivity index (χ3n) is 7.71. The number of hydrogen-bond donors (Lipinski definition) is 2. The summed E-state index contributed by atoms with van der Waals surface area (Å²) in [7, 11) is 1.52. The van der Waals surface area contributed by atoms with Gasteiger partial charge in [-0.15, -0.1) is 0 Å². The molecule has 1 aromatic carbocycles. The molecule has 222 valence electrons. The van der Waals surface area contributed by atoms with Gasteiger partial charge < -0.3 is 29.9 Å². The number of nitrogens with one attached hydrogen (secondary N) is 2.